The normalized spacial score (nSPS) is 15.2. The maximum atomic E-state index is 11.0. The molecule has 0 rings (SSSR count). The molecule has 0 aliphatic carbocycles. The molecule has 4 heteroatoms. The van der Waals surface area contributed by atoms with Gasteiger partial charge in [0.1, 0.15) is 0 Å². The molecule has 0 amide bonds. The fraction of sp³-hybridized carbons (Fsp3) is 0.875. The Bertz CT molecular complexity index is 160. The number of hydrogen-bond donors (Lipinski definition) is 2. The highest BCUT2D eigenvalue weighted by Gasteiger charge is 2.32. The molecule has 0 aromatic carbocycles. The van der Waals surface area contributed by atoms with Gasteiger partial charge in [-0.05, 0) is 25.2 Å². The van der Waals surface area contributed by atoms with Gasteiger partial charge in [-0.2, -0.15) is 0 Å². The Balaban J connectivity index is 4.42. The van der Waals surface area contributed by atoms with Gasteiger partial charge in [0.05, 0.1) is 5.66 Å². The average Bonchev–Trinajstić information content (AvgIpc) is 1.97. The van der Waals surface area contributed by atoms with Gasteiger partial charge in [-0.15, -0.1) is 0 Å². The quantitative estimate of drug-likeness (QED) is 0.659. The summed E-state index contributed by atoms with van der Waals surface area (Å²) in [5, 5.41) is 0. The minimum atomic E-state index is -3.90. The second-order valence-electron chi connectivity index (χ2n) is 2.88. The van der Waals surface area contributed by atoms with Crippen LogP contribution in [0.15, 0.2) is 0 Å². The number of rotatable bonds is 5. The van der Waals surface area contributed by atoms with Crippen molar-refractivity contribution < 1.29 is 14.4 Å². The summed E-state index contributed by atoms with van der Waals surface area (Å²) < 4.78 is 11.0. The van der Waals surface area contributed by atoms with Crippen LogP contribution in [0.2, 0.25) is 0 Å². The van der Waals surface area contributed by atoms with Crippen molar-refractivity contribution in [3.8, 4) is 0 Å². The largest absolute Gasteiger partial charge is 0.329 e. The lowest BCUT2D eigenvalue weighted by Crippen LogP contribution is -2.16. The molecule has 0 spiro atoms. The van der Waals surface area contributed by atoms with E-state index in [-0.39, 0.29) is 0 Å². The molecule has 1 unspecified atom stereocenters. The van der Waals surface area contributed by atoms with Crippen molar-refractivity contribution in [2.24, 2.45) is 0 Å². The van der Waals surface area contributed by atoms with Crippen LogP contribution in [0.25, 0.3) is 0 Å². The summed E-state index contributed by atoms with van der Waals surface area (Å²) in [6.07, 6.45) is 2.06. The summed E-state index contributed by atoms with van der Waals surface area (Å²) in [5.41, 5.74) is -0.521. The summed E-state index contributed by atoms with van der Waals surface area (Å²) >= 11 is 0. The topological polar surface area (TPSA) is 57.5 Å². The molecule has 0 heterocycles. The molecule has 0 aliphatic heterocycles. The van der Waals surface area contributed by atoms with Crippen molar-refractivity contribution in [1.82, 2.24) is 0 Å². The van der Waals surface area contributed by atoms with Crippen molar-refractivity contribution in [3.05, 3.63) is 5.92 Å². The zero-order valence-corrected chi connectivity index (χ0v) is 8.84. The molecular weight excluding hydrogens is 175 g/mol. The average molecular weight is 193 g/mol. The van der Waals surface area contributed by atoms with Crippen LogP contribution in [0.3, 0.4) is 0 Å². The van der Waals surface area contributed by atoms with Crippen LogP contribution in [0.5, 0.6) is 0 Å². The molecule has 12 heavy (non-hydrogen) atoms. The van der Waals surface area contributed by atoms with E-state index < -0.39 is 13.3 Å². The first-order valence-electron chi connectivity index (χ1n) is 4.37. The molecule has 0 bridgehead atoms. The van der Waals surface area contributed by atoms with E-state index in [4.69, 9.17) is 9.79 Å². The first-order valence-corrected chi connectivity index (χ1v) is 6.05. The van der Waals surface area contributed by atoms with Gasteiger partial charge in [0.2, 0.25) is 0 Å². The fourth-order valence-corrected chi connectivity index (χ4v) is 2.80. The van der Waals surface area contributed by atoms with Gasteiger partial charge in [-0.1, -0.05) is 20.8 Å². The first kappa shape index (κ1) is 12.2. The maximum absolute atomic E-state index is 11.0. The van der Waals surface area contributed by atoms with Gasteiger partial charge >= 0.3 is 7.60 Å². The van der Waals surface area contributed by atoms with Crippen molar-refractivity contribution >= 4 is 7.60 Å². The zero-order chi connectivity index (χ0) is 9.78. The van der Waals surface area contributed by atoms with E-state index >= 15 is 0 Å². The monoisotopic (exact) mass is 193 g/mol. The van der Waals surface area contributed by atoms with Crippen molar-refractivity contribution in [2.75, 3.05) is 0 Å². The zero-order valence-electron chi connectivity index (χ0n) is 7.95. The minimum absolute atomic E-state index is 0.521. The van der Waals surface area contributed by atoms with Crippen LogP contribution in [-0.2, 0) is 4.57 Å². The molecule has 3 nitrogen and oxygen atoms in total. The first-order chi connectivity index (χ1) is 5.47. The smallest absolute Gasteiger partial charge is 0.324 e. The third-order valence-corrected chi connectivity index (χ3v) is 3.71. The Morgan fingerprint density at radius 2 is 1.67 bits per heavy atom. The van der Waals surface area contributed by atoms with Gasteiger partial charge in [-0.3, -0.25) is 4.57 Å². The van der Waals surface area contributed by atoms with E-state index in [1.54, 1.807) is 0 Å². The van der Waals surface area contributed by atoms with Crippen LogP contribution >= 0.6 is 7.60 Å². The second-order valence-corrected chi connectivity index (χ2v) is 4.68. The standard InChI is InChI=1S/C8H18O3P/c1-4-7(5-2)8(6-3)12(9,10)11/h8H,4-6H2,1-3H3,(H2,9,10,11). The molecule has 0 saturated heterocycles. The van der Waals surface area contributed by atoms with Crippen LogP contribution in [0.1, 0.15) is 40.0 Å². The van der Waals surface area contributed by atoms with Crippen molar-refractivity contribution in [1.29, 1.82) is 0 Å². The van der Waals surface area contributed by atoms with Crippen LogP contribution in [0.4, 0.5) is 0 Å². The minimum Gasteiger partial charge on any atom is -0.324 e. The van der Waals surface area contributed by atoms with Crippen molar-refractivity contribution in [3.63, 3.8) is 0 Å². The van der Waals surface area contributed by atoms with Crippen LogP contribution in [-0.4, -0.2) is 15.4 Å². The van der Waals surface area contributed by atoms with Gasteiger partial charge < -0.3 is 9.79 Å². The highest BCUT2D eigenvalue weighted by atomic mass is 31.2. The predicted octanol–water partition coefficient (Wildman–Crippen LogP) is 2.34. The summed E-state index contributed by atoms with van der Waals surface area (Å²) in [7, 11) is -3.90. The molecule has 0 aliphatic rings. The SMILES string of the molecule is CC[C](CC)C(CC)P(=O)(O)O. The van der Waals surface area contributed by atoms with E-state index in [0.717, 1.165) is 18.8 Å². The summed E-state index contributed by atoms with van der Waals surface area (Å²) in [6.45, 7) is 5.70. The highest BCUT2D eigenvalue weighted by molar-refractivity contribution is 7.52. The fourth-order valence-electron chi connectivity index (χ4n) is 1.49. The molecule has 0 saturated carbocycles. The lowest BCUT2D eigenvalue weighted by atomic mass is 9.97. The van der Waals surface area contributed by atoms with Crippen LogP contribution < -0.4 is 0 Å². The molecule has 0 fully saturated rings. The van der Waals surface area contributed by atoms with Gasteiger partial charge in [0.15, 0.2) is 0 Å². The molecule has 0 aromatic heterocycles. The summed E-state index contributed by atoms with van der Waals surface area (Å²) in [6, 6.07) is 0. The molecule has 0 aromatic rings. The van der Waals surface area contributed by atoms with E-state index in [1.165, 1.54) is 0 Å². The van der Waals surface area contributed by atoms with Gasteiger partial charge in [0, 0.05) is 0 Å². The van der Waals surface area contributed by atoms with E-state index in [0.29, 0.717) is 6.42 Å². The van der Waals surface area contributed by atoms with E-state index in [9.17, 15) is 4.57 Å². The highest BCUT2D eigenvalue weighted by Crippen LogP contribution is 2.49. The van der Waals surface area contributed by atoms with Crippen molar-refractivity contribution in [2.45, 2.75) is 45.7 Å². The Kier molecular flexibility index (Phi) is 5.07. The Morgan fingerprint density at radius 1 is 1.25 bits per heavy atom. The predicted molar refractivity (Wildman–Crippen MR) is 49.9 cm³/mol. The van der Waals surface area contributed by atoms with E-state index in [2.05, 4.69) is 0 Å². The third kappa shape index (κ3) is 3.26. The Hall–Kier alpha value is 0.150. The molecule has 2 N–H and O–H groups in total. The van der Waals surface area contributed by atoms with Gasteiger partial charge in [-0.25, -0.2) is 0 Å². The Morgan fingerprint density at radius 3 is 1.75 bits per heavy atom. The van der Waals surface area contributed by atoms with E-state index in [1.807, 2.05) is 20.8 Å². The Labute approximate surface area is 74.3 Å². The van der Waals surface area contributed by atoms with Crippen LogP contribution in [0, 0.1) is 5.92 Å². The molecule has 1 atom stereocenters. The summed E-state index contributed by atoms with van der Waals surface area (Å²) in [5.74, 6) is 0.978. The second kappa shape index (κ2) is 5.00. The molecule has 73 valence electrons. The third-order valence-electron chi connectivity index (χ3n) is 2.17. The maximum Gasteiger partial charge on any atom is 0.329 e. The lowest BCUT2D eigenvalue weighted by Gasteiger charge is -2.23. The summed E-state index contributed by atoms with van der Waals surface area (Å²) in [4.78, 5) is 18.0. The lowest BCUT2D eigenvalue weighted by molar-refractivity contribution is 0.354. The molecular formula is C8H18O3P. The molecule has 1 radical (unpaired) electrons. The number of hydrogen-bond acceptors (Lipinski definition) is 1. The van der Waals surface area contributed by atoms with Gasteiger partial charge in [0.25, 0.3) is 0 Å².